The molecule has 1 aromatic heterocycles. The molecule has 3 N–H and O–H groups in total. The molecule has 50 heavy (non-hydrogen) atoms. The summed E-state index contributed by atoms with van der Waals surface area (Å²) in [6.07, 6.45) is 3.78. The highest BCUT2D eigenvalue weighted by Crippen LogP contribution is 2.44. The molecule has 3 aliphatic heterocycles. The van der Waals surface area contributed by atoms with E-state index in [1.807, 2.05) is 48.5 Å². The van der Waals surface area contributed by atoms with Gasteiger partial charge in [0.05, 0.1) is 30.0 Å². The van der Waals surface area contributed by atoms with Gasteiger partial charge in [0, 0.05) is 85.5 Å². The molecule has 2 amide bonds. The molecule has 0 radical (unpaired) electrons. The minimum absolute atomic E-state index is 0.103. The van der Waals surface area contributed by atoms with Crippen LogP contribution in [0.5, 0.6) is 11.6 Å². The highest BCUT2D eigenvalue weighted by molar-refractivity contribution is 6.39. The molecule has 4 heterocycles. The van der Waals surface area contributed by atoms with Crippen LogP contribution >= 0.6 is 23.2 Å². The number of ether oxygens (including phenoxy) is 2. The lowest BCUT2D eigenvalue weighted by Crippen LogP contribution is -2.41. The first-order valence-corrected chi connectivity index (χ1v) is 17.9. The Bertz CT molecular complexity index is 1940. The van der Waals surface area contributed by atoms with Crippen LogP contribution in [0.1, 0.15) is 42.4 Å². The van der Waals surface area contributed by atoms with Crippen LogP contribution in [0.15, 0.2) is 60.7 Å². The van der Waals surface area contributed by atoms with Crippen LogP contribution in [-0.4, -0.2) is 67.6 Å². The number of amides is 2. The van der Waals surface area contributed by atoms with E-state index in [2.05, 4.69) is 33.0 Å². The normalized spacial score (nSPS) is 18.9. The summed E-state index contributed by atoms with van der Waals surface area (Å²) in [5, 5.41) is 10.6. The van der Waals surface area contributed by atoms with Crippen LogP contribution < -0.4 is 25.4 Å². The van der Waals surface area contributed by atoms with Crippen LogP contribution in [-0.2, 0) is 29.1 Å². The number of hydrogen-bond donors (Lipinski definition) is 3. The van der Waals surface area contributed by atoms with Crippen molar-refractivity contribution in [2.45, 2.75) is 57.3 Å². The molecule has 0 bridgehead atoms. The molecule has 9 nitrogen and oxygen atoms in total. The Morgan fingerprint density at radius 2 is 1.52 bits per heavy atom. The number of hydrogen-bond acceptors (Lipinski definition) is 7. The van der Waals surface area contributed by atoms with Gasteiger partial charge in [-0.25, -0.2) is 4.98 Å². The molecule has 0 spiro atoms. The summed E-state index contributed by atoms with van der Waals surface area (Å²) in [6.45, 7) is 3.78. The van der Waals surface area contributed by atoms with Gasteiger partial charge in [0.1, 0.15) is 5.75 Å². The number of nitrogens with zero attached hydrogens (tertiary/aromatic N) is 2. The van der Waals surface area contributed by atoms with Crippen LogP contribution in [0.3, 0.4) is 0 Å². The monoisotopic (exact) mass is 713 g/mol. The molecule has 3 aliphatic rings. The van der Waals surface area contributed by atoms with Gasteiger partial charge in [-0.3, -0.25) is 14.5 Å². The first-order valence-electron chi connectivity index (χ1n) is 17.1. The number of methoxy groups -OCH3 is 2. The number of pyridine rings is 1. The number of halogens is 2. The van der Waals surface area contributed by atoms with Gasteiger partial charge in [-0.1, -0.05) is 65.7 Å². The smallest absolute Gasteiger partial charge is 0.220 e. The molecule has 7 rings (SSSR count). The standard InChI is InChI=1S/C39H41Cl2N5O4/c1-49-34-18-24(17-25-21-46(16-15-28(25)34)22-27-11-14-36(48)44-27)29-5-3-6-30(37(29)40)31-7-4-8-32(38(31)41)33-12-9-23(39(45-33)50-2)19-42-20-26-10-13-35(47)43-26/h3-9,12,17-18,26-27,42H,10-11,13-16,19-22H2,1-2H3,(H,43,47)(H,44,48)/t26-,27+/m1/s1. The molecule has 2 atom stereocenters. The Kier molecular flexibility index (Phi) is 10.3. The van der Waals surface area contributed by atoms with Crippen molar-refractivity contribution in [1.82, 2.24) is 25.8 Å². The van der Waals surface area contributed by atoms with Crippen molar-refractivity contribution >= 4 is 35.0 Å². The molecule has 0 aliphatic carbocycles. The van der Waals surface area contributed by atoms with Crippen molar-refractivity contribution in [2.75, 3.05) is 33.9 Å². The Labute approximate surface area is 302 Å². The number of aromatic nitrogens is 1. The Morgan fingerprint density at radius 3 is 2.20 bits per heavy atom. The number of carbonyl (C=O) groups excluding carboxylic acids is 2. The predicted octanol–water partition coefficient (Wildman–Crippen LogP) is 6.41. The molecule has 4 aromatic rings. The maximum atomic E-state index is 11.8. The minimum atomic E-state index is 0.103. The fourth-order valence-corrected chi connectivity index (χ4v) is 8.04. The second kappa shape index (κ2) is 15.0. The number of benzene rings is 3. The zero-order valence-corrected chi connectivity index (χ0v) is 29.8. The molecule has 2 fully saturated rings. The summed E-state index contributed by atoms with van der Waals surface area (Å²) in [4.78, 5) is 30.5. The van der Waals surface area contributed by atoms with Gasteiger partial charge in [0.15, 0.2) is 0 Å². The highest BCUT2D eigenvalue weighted by Gasteiger charge is 2.27. The van der Waals surface area contributed by atoms with Gasteiger partial charge in [-0.2, -0.15) is 0 Å². The van der Waals surface area contributed by atoms with Crippen molar-refractivity contribution in [2.24, 2.45) is 0 Å². The van der Waals surface area contributed by atoms with Crippen molar-refractivity contribution in [1.29, 1.82) is 0 Å². The third-order valence-electron chi connectivity index (χ3n) is 9.95. The molecule has 260 valence electrons. The van der Waals surface area contributed by atoms with E-state index >= 15 is 0 Å². The van der Waals surface area contributed by atoms with E-state index in [0.29, 0.717) is 47.6 Å². The molecule has 0 unspecified atom stereocenters. The van der Waals surface area contributed by atoms with E-state index in [1.165, 1.54) is 11.1 Å². The van der Waals surface area contributed by atoms with E-state index in [1.54, 1.807) is 14.2 Å². The highest BCUT2D eigenvalue weighted by atomic mass is 35.5. The van der Waals surface area contributed by atoms with E-state index < -0.39 is 0 Å². The van der Waals surface area contributed by atoms with E-state index in [-0.39, 0.29) is 23.9 Å². The zero-order chi connectivity index (χ0) is 34.8. The number of carbonyl (C=O) groups is 2. The molecular weight excluding hydrogens is 673 g/mol. The summed E-state index contributed by atoms with van der Waals surface area (Å²) in [5.41, 5.74) is 8.28. The van der Waals surface area contributed by atoms with Crippen molar-refractivity contribution in [3.05, 3.63) is 87.4 Å². The van der Waals surface area contributed by atoms with Gasteiger partial charge >= 0.3 is 0 Å². The molecule has 3 aromatic carbocycles. The summed E-state index contributed by atoms with van der Waals surface area (Å²) in [6, 6.07) is 20.5. The quantitative estimate of drug-likeness (QED) is 0.165. The zero-order valence-electron chi connectivity index (χ0n) is 28.3. The first kappa shape index (κ1) is 34.3. The van der Waals surface area contributed by atoms with Crippen LogP contribution in [0.4, 0.5) is 0 Å². The second-order valence-electron chi connectivity index (χ2n) is 13.2. The molecule has 0 saturated carbocycles. The summed E-state index contributed by atoms with van der Waals surface area (Å²) < 4.78 is 11.6. The average Bonchev–Trinajstić information content (AvgIpc) is 3.74. The third kappa shape index (κ3) is 7.19. The van der Waals surface area contributed by atoms with E-state index in [9.17, 15) is 9.59 Å². The van der Waals surface area contributed by atoms with Crippen molar-refractivity contribution in [3.8, 4) is 45.1 Å². The van der Waals surface area contributed by atoms with E-state index in [4.69, 9.17) is 37.7 Å². The van der Waals surface area contributed by atoms with Crippen LogP contribution in [0, 0.1) is 0 Å². The maximum absolute atomic E-state index is 11.8. The average molecular weight is 715 g/mol. The van der Waals surface area contributed by atoms with Gasteiger partial charge in [-0.05, 0) is 54.2 Å². The second-order valence-corrected chi connectivity index (χ2v) is 14.0. The number of rotatable bonds is 11. The van der Waals surface area contributed by atoms with Crippen molar-refractivity contribution < 1.29 is 19.1 Å². The lowest BCUT2D eigenvalue weighted by molar-refractivity contribution is -0.120. The predicted molar refractivity (Wildman–Crippen MR) is 197 cm³/mol. The topological polar surface area (TPSA) is 105 Å². The minimum Gasteiger partial charge on any atom is -0.496 e. The van der Waals surface area contributed by atoms with Crippen LogP contribution in [0.25, 0.3) is 33.5 Å². The van der Waals surface area contributed by atoms with Gasteiger partial charge in [0.25, 0.3) is 0 Å². The Balaban J connectivity index is 1.14. The molecule has 11 heteroatoms. The third-order valence-corrected chi connectivity index (χ3v) is 10.8. The maximum Gasteiger partial charge on any atom is 0.220 e. The van der Waals surface area contributed by atoms with Crippen LogP contribution in [0.2, 0.25) is 10.0 Å². The SMILES string of the molecule is COc1cc(-c2cccc(-c3cccc(-c4ccc(CNC[C@H]5CCC(=O)N5)c(OC)n4)c3Cl)c2Cl)cc2c1CCN(C[C@@H]1CCC(=O)N1)C2. The number of nitrogens with one attached hydrogen (secondary N) is 3. The Morgan fingerprint density at radius 1 is 0.840 bits per heavy atom. The lowest BCUT2D eigenvalue weighted by atomic mass is 9.91. The van der Waals surface area contributed by atoms with E-state index in [0.717, 1.165) is 78.0 Å². The first-order chi connectivity index (χ1) is 24.3. The van der Waals surface area contributed by atoms with Crippen molar-refractivity contribution in [3.63, 3.8) is 0 Å². The molecule has 2 saturated heterocycles. The Hall–Kier alpha value is -4.15. The van der Waals surface area contributed by atoms with Gasteiger partial charge in [0.2, 0.25) is 17.7 Å². The fraction of sp³-hybridized carbons (Fsp3) is 0.359. The molecular formula is C39H41Cl2N5O4. The van der Waals surface area contributed by atoms with Gasteiger partial charge in [-0.15, -0.1) is 0 Å². The lowest BCUT2D eigenvalue weighted by Gasteiger charge is -2.32. The largest absolute Gasteiger partial charge is 0.496 e. The summed E-state index contributed by atoms with van der Waals surface area (Å²) in [7, 11) is 3.32. The summed E-state index contributed by atoms with van der Waals surface area (Å²) >= 11 is 14.4. The number of fused-ring (bicyclic) bond motifs is 1. The fourth-order valence-electron chi connectivity index (χ4n) is 7.38. The summed E-state index contributed by atoms with van der Waals surface area (Å²) in [5.74, 6) is 1.62. The van der Waals surface area contributed by atoms with Gasteiger partial charge < -0.3 is 25.4 Å².